The van der Waals surface area contributed by atoms with E-state index >= 15 is 0 Å². The van der Waals surface area contributed by atoms with Gasteiger partial charge in [-0.25, -0.2) is 9.18 Å². The second-order valence-corrected chi connectivity index (χ2v) is 8.04. The molecule has 2 aromatic rings. The molecule has 0 radical (unpaired) electrons. The van der Waals surface area contributed by atoms with Crippen LogP contribution in [0.2, 0.25) is 0 Å². The van der Waals surface area contributed by atoms with E-state index in [-0.39, 0.29) is 24.7 Å². The minimum Gasteiger partial charge on any atom is -0.466 e. The Morgan fingerprint density at radius 3 is 2.71 bits per heavy atom. The van der Waals surface area contributed by atoms with E-state index in [9.17, 15) is 18.8 Å². The number of rotatable bonds is 7. The molecule has 0 saturated carbocycles. The summed E-state index contributed by atoms with van der Waals surface area (Å²) >= 11 is 1.27. The van der Waals surface area contributed by atoms with Crippen LogP contribution in [-0.2, 0) is 25.5 Å². The molecule has 1 aromatic heterocycles. The van der Waals surface area contributed by atoms with Crippen LogP contribution in [0.5, 0.6) is 0 Å². The molecule has 0 bridgehead atoms. The van der Waals surface area contributed by atoms with Crippen LogP contribution in [0.1, 0.15) is 59.0 Å². The molecule has 1 N–H and O–H groups in total. The lowest BCUT2D eigenvalue weighted by molar-refractivity contribution is -0.145. The maximum atomic E-state index is 13.3. The molecule has 1 aromatic carbocycles. The van der Waals surface area contributed by atoms with E-state index in [4.69, 9.17) is 9.47 Å². The summed E-state index contributed by atoms with van der Waals surface area (Å²) in [6, 6.07) is 5.85. The van der Waals surface area contributed by atoms with E-state index in [1.165, 1.54) is 35.6 Å². The van der Waals surface area contributed by atoms with Crippen LogP contribution < -0.4 is 5.32 Å². The second kappa shape index (κ2) is 10.3. The number of carbonyl (C=O) groups excluding carboxylic acids is 3. The third kappa shape index (κ3) is 5.38. The molecule has 0 saturated heterocycles. The average molecular weight is 446 g/mol. The van der Waals surface area contributed by atoms with Crippen molar-refractivity contribution in [3.8, 4) is 0 Å². The standard InChI is InChI=1S/C23H24FNO5S/c1-3-29-22(27)16-9-6-10-17-19(16)20(23(28)30-4-2)21(31-17)25-18(26)12-11-14-7-5-8-15(24)13-14/h5,7-8,11-13,16H,3-4,6,9-10H2,1-2H3,(H,25,26)/b12-11+. The van der Waals surface area contributed by atoms with Crippen molar-refractivity contribution in [1.82, 2.24) is 0 Å². The van der Waals surface area contributed by atoms with Gasteiger partial charge >= 0.3 is 11.9 Å². The Kier molecular flexibility index (Phi) is 7.57. The molecule has 1 heterocycles. The normalized spacial score (nSPS) is 15.4. The number of hydrogen-bond acceptors (Lipinski definition) is 6. The van der Waals surface area contributed by atoms with Gasteiger partial charge in [0.25, 0.3) is 0 Å². The predicted octanol–water partition coefficient (Wildman–Crippen LogP) is 4.70. The highest BCUT2D eigenvalue weighted by Gasteiger charge is 2.36. The van der Waals surface area contributed by atoms with Crippen LogP contribution in [0.4, 0.5) is 9.39 Å². The minimum atomic E-state index is -0.583. The van der Waals surface area contributed by atoms with E-state index < -0.39 is 23.6 Å². The third-order valence-electron chi connectivity index (χ3n) is 4.83. The number of fused-ring (bicyclic) bond motifs is 1. The Labute approximate surface area is 184 Å². The van der Waals surface area contributed by atoms with Crippen molar-refractivity contribution < 1.29 is 28.2 Å². The Hall–Kier alpha value is -3.00. The topological polar surface area (TPSA) is 81.7 Å². The van der Waals surface area contributed by atoms with E-state index in [1.807, 2.05) is 0 Å². The van der Waals surface area contributed by atoms with Crippen molar-refractivity contribution in [3.63, 3.8) is 0 Å². The van der Waals surface area contributed by atoms with Gasteiger partial charge in [0, 0.05) is 11.0 Å². The van der Waals surface area contributed by atoms with E-state index in [2.05, 4.69) is 5.32 Å². The number of thiophene rings is 1. The fourth-order valence-electron chi connectivity index (χ4n) is 3.56. The molecule has 0 aliphatic heterocycles. The molecule has 6 nitrogen and oxygen atoms in total. The lowest BCUT2D eigenvalue weighted by Crippen LogP contribution is -2.23. The zero-order chi connectivity index (χ0) is 22.4. The maximum Gasteiger partial charge on any atom is 0.341 e. The van der Waals surface area contributed by atoms with Crippen molar-refractivity contribution in [2.45, 2.75) is 39.0 Å². The molecule has 31 heavy (non-hydrogen) atoms. The Balaban J connectivity index is 1.92. The van der Waals surface area contributed by atoms with Crippen LogP contribution in [0.15, 0.2) is 30.3 Å². The number of carbonyl (C=O) groups is 3. The van der Waals surface area contributed by atoms with E-state index in [0.29, 0.717) is 29.0 Å². The summed E-state index contributed by atoms with van der Waals surface area (Å²) in [5.74, 6) is -2.40. The van der Waals surface area contributed by atoms with Crippen LogP contribution in [0.3, 0.4) is 0 Å². The Morgan fingerprint density at radius 1 is 1.23 bits per heavy atom. The number of anilines is 1. The van der Waals surface area contributed by atoms with Crippen molar-refractivity contribution in [2.24, 2.45) is 0 Å². The fraction of sp³-hybridized carbons (Fsp3) is 0.348. The molecule has 1 amide bonds. The van der Waals surface area contributed by atoms with Crippen LogP contribution in [0.25, 0.3) is 6.08 Å². The number of benzene rings is 1. The predicted molar refractivity (Wildman–Crippen MR) is 117 cm³/mol. The first-order valence-corrected chi connectivity index (χ1v) is 11.0. The molecule has 1 unspecified atom stereocenters. The van der Waals surface area contributed by atoms with Crippen molar-refractivity contribution in [2.75, 3.05) is 18.5 Å². The number of aryl methyl sites for hydroxylation is 1. The van der Waals surface area contributed by atoms with Crippen molar-refractivity contribution in [1.29, 1.82) is 0 Å². The second-order valence-electron chi connectivity index (χ2n) is 6.94. The molecule has 0 fully saturated rings. The van der Waals surface area contributed by atoms with Crippen LogP contribution in [0, 0.1) is 5.82 Å². The molecule has 3 rings (SSSR count). The van der Waals surface area contributed by atoms with Gasteiger partial charge in [-0.3, -0.25) is 9.59 Å². The van der Waals surface area contributed by atoms with Crippen molar-refractivity contribution >= 4 is 40.3 Å². The fourth-order valence-corrected chi connectivity index (χ4v) is 4.86. The molecule has 164 valence electrons. The molecule has 0 spiro atoms. The van der Waals surface area contributed by atoms with Crippen LogP contribution in [-0.4, -0.2) is 31.1 Å². The summed E-state index contributed by atoms with van der Waals surface area (Å²) in [6.45, 7) is 3.84. The number of amides is 1. The lowest BCUT2D eigenvalue weighted by Gasteiger charge is -2.22. The molecular formula is C23H24FNO5S. The van der Waals surface area contributed by atoms with Gasteiger partial charge in [-0.05, 0) is 62.4 Å². The maximum absolute atomic E-state index is 13.3. The molecule has 1 atom stereocenters. The summed E-state index contributed by atoms with van der Waals surface area (Å²) < 4.78 is 23.7. The number of nitrogens with one attached hydrogen (secondary N) is 1. The third-order valence-corrected chi connectivity index (χ3v) is 6.01. The minimum absolute atomic E-state index is 0.167. The zero-order valence-electron chi connectivity index (χ0n) is 17.4. The highest BCUT2D eigenvalue weighted by Crippen LogP contribution is 2.44. The summed E-state index contributed by atoms with van der Waals surface area (Å²) in [5, 5.41) is 3.07. The van der Waals surface area contributed by atoms with E-state index in [0.717, 1.165) is 11.3 Å². The first-order chi connectivity index (χ1) is 14.9. The molecule has 8 heteroatoms. The summed E-state index contributed by atoms with van der Waals surface area (Å²) in [5.41, 5.74) is 1.35. The molecule has 1 aliphatic rings. The van der Waals surface area contributed by atoms with Gasteiger partial charge in [0.15, 0.2) is 0 Å². The lowest BCUT2D eigenvalue weighted by atomic mass is 9.85. The zero-order valence-corrected chi connectivity index (χ0v) is 18.2. The monoisotopic (exact) mass is 445 g/mol. The smallest absolute Gasteiger partial charge is 0.341 e. The molecular weight excluding hydrogens is 421 g/mol. The Morgan fingerprint density at radius 2 is 2.00 bits per heavy atom. The number of halogens is 1. The largest absolute Gasteiger partial charge is 0.466 e. The van der Waals surface area contributed by atoms with Gasteiger partial charge < -0.3 is 14.8 Å². The first-order valence-electron chi connectivity index (χ1n) is 10.2. The van der Waals surface area contributed by atoms with Crippen molar-refractivity contribution in [3.05, 3.63) is 57.7 Å². The number of ether oxygens (including phenoxy) is 2. The van der Waals surface area contributed by atoms with Gasteiger partial charge in [-0.2, -0.15) is 0 Å². The first kappa shape index (κ1) is 22.7. The summed E-state index contributed by atoms with van der Waals surface area (Å²) in [6.07, 6.45) is 4.81. The average Bonchev–Trinajstić information content (AvgIpc) is 3.10. The van der Waals surface area contributed by atoms with Crippen LogP contribution >= 0.6 is 11.3 Å². The van der Waals surface area contributed by atoms with Gasteiger partial charge in [-0.15, -0.1) is 11.3 Å². The highest BCUT2D eigenvalue weighted by molar-refractivity contribution is 7.17. The van der Waals surface area contributed by atoms with E-state index in [1.54, 1.807) is 26.0 Å². The molecule has 1 aliphatic carbocycles. The van der Waals surface area contributed by atoms with Gasteiger partial charge in [0.05, 0.1) is 24.7 Å². The van der Waals surface area contributed by atoms with Gasteiger partial charge in [0.2, 0.25) is 5.91 Å². The number of hydrogen-bond donors (Lipinski definition) is 1. The summed E-state index contributed by atoms with van der Waals surface area (Å²) in [7, 11) is 0. The Bertz CT molecular complexity index is 1010. The van der Waals surface area contributed by atoms with Gasteiger partial charge in [-0.1, -0.05) is 12.1 Å². The summed E-state index contributed by atoms with van der Waals surface area (Å²) in [4.78, 5) is 38.6. The quantitative estimate of drug-likeness (QED) is 0.494. The number of esters is 2. The van der Waals surface area contributed by atoms with Gasteiger partial charge in [0.1, 0.15) is 10.8 Å². The highest BCUT2D eigenvalue weighted by atomic mass is 32.1. The SMILES string of the molecule is CCOC(=O)c1c(NC(=O)/C=C/c2cccc(F)c2)sc2c1C(C(=O)OCC)CCC2.